The fourth-order valence-corrected chi connectivity index (χ4v) is 5.57. The lowest BCUT2D eigenvalue weighted by Gasteiger charge is -2.24. The zero-order valence-electron chi connectivity index (χ0n) is 21.1. The van der Waals surface area contributed by atoms with Gasteiger partial charge in [-0.05, 0) is 50.6 Å². The molecule has 39 heavy (non-hydrogen) atoms. The number of halogens is 1. The largest absolute Gasteiger partial charge is 0.463 e. The van der Waals surface area contributed by atoms with Gasteiger partial charge in [0, 0.05) is 23.3 Å². The predicted octanol–water partition coefficient (Wildman–Crippen LogP) is 4.41. The molecule has 5 rings (SSSR count). The molecule has 2 aromatic heterocycles. The van der Waals surface area contributed by atoms with Gasteiger partial charge in [-0.1, -0.05) is 35.6 Å². The number of fused-ring (bicyclic) bond motifs is 1. The van der Waals surface area contributed by atoms with E-state index in [-0.39, 0.29) is 17.9 Å². The van der Waals surface area contributed by atoms with E-state index in [1.54, 1.807) is 51.1 Å². The van der Waals surface area contributed by atoms with Crippen molar-refractivity contribution in [3.8, 4) is 11.3 Å². The van der Waals surface area contributed by atoms with Crippen LogP contribution in [-0.2, 0) is 9.53 Å². The number of rotatable bonds is 6. The van der Waals surface area contributed by atoms with Crippen molar-refractivity contribution in [3.63, 3.8) is 0 Å². The van der Waals surface area contributed by atoms with Gasteiger partial charge in [-0.15, -0.1) is 0 Å². The molecule has 0 fully saturated rings. The molecular weight excluding hydrogens is 525 g/mol. The van der Waals surface area contributed by atoms with Gasteiger partial charge in [-0.2, -0.15) is 0 Å². The van der Waals surface area contributed by atoms with E-state index in [2.05, 4.69) is 4.99 Å². The molecule has 0 unspecified atom stereocenters. The van der Waals surface area contributed by atoms with Crippen LogP contribution in [0.5, 0.6) is 0 Å². The Kier molecular flexibility index (Phi) is 6.83. The van der Waals surface area contributed by atoms with E-state index < -0.39 is 28.3 Å². The molecule has 0 aliphatic carbocycles. The fourth-order valence-electron chi connectivity index (χ4n) is 4.54. The van der Waals surface area contributed by atoms with Crippen LogP contribution >= 0.6 is 11.3 Å². The molecule has 198 valence electrons. The van der Waals surface area contributed by atoms with E-state index >= 15 is 0 Å². The molecule has 0 saturated heterocycles. The van der Waals surface area contributed by atoms with Gasteiger partial charge in [0.1, 0.15) is 17.3 Å². The molecule has 1 atom stereocenters. The van der Waals surface area contributed by atoms with Crippen LogP contribution in [-0.4, -0.2) is 22.1 Å². The summed E-state index contributed by atoms with van der Waals surface area (Å²) in [6.07, 6.45) is 1.56. The normalized spacial score (nSPS) is 15.2. The van der Waals surface area contributed by atoms with Gasteiger partial charge in [0.15, 0.2) is 4.80 Å². The summed E-state index contributed by atoms with van der Waals surface area (Å²) < 4.78 is 26.6. The summed E-state index contributed by atoms with van der Waals surface area (Å²) in [6, 6.07) is 12.8. The number of hydrogen-bond donors (Lipinski definition) is 0. The number of nitro groups is 1. The average Bonchev–Trinajstić information content (AvgIpc) is 3.48. The summed E-state index contributed by atoms with van der Waals surface area (Å²) in [5, 5.41) is 11.3. The number of ether oxygens (including phenoxy) is 1. The highest BCUT2D eigenvalue weighted by atomic mass is 32.1. The standard InChI is InChI=1S/C28H22FN3O6S/c1-4-37-27(34)24-16(3)30-28-31(25(24)17-8-10-18(29)11-9-17)26(33)23(39-28)14-19-12-13-22(38-19)20-6-5-7-21(15(20)2)32(35)36/h5-14,25H,4H2,1-3H3/b23-14-/t25-/m1/s1. The smallest absolute Gasteiger partial charge is 0.338 e. The summed E-state index contributed by atoms with van der Waals surface area (Å²) in [4.78, 5) is 42.3. The van der Waals surface area contributed by atoms with Crippen LogP contribution in [0.25, 0.3) is 17.4 Å². The van der Waals surface area contributed by atoms with Crippen molar-refractivity contribution in [2.45, 2.75) is 26.8 Å². The lowest BCUT2D eigenvalue weighted by atomic mass is 9.96. The van der Waals surface area contributed by atoms with Crippen LogP contribution in [0, 0.1) is 22.9 Å². The fraction of sp³-hybridized carbons (Fsp3) is 0.179. The van der Waals surface area contributed by atoms with Crippen LogP contribution in [0.1, 0.15) is 36.8 Å². The number of aromatic nitrogens is 1. The van der Waals surface area contributed by atoms with Gasteiger partial charge in [0.2, 0.25) is 0 Å². The highest BCUT2D eigenvalue weighted by Crippen LogP contribution is 2.32. The average molecular weight is 548 g/mol. The summed E-state index contributed by atoms with van der Waals surface area (Å²) in [5.74, 6) is -0.275. The van der Waals surface area contributed by atoms with Crippen LogP contribution in [0.3, 0.4) is 0 Å². The number of carbonyl (C=O) groups excluding carboxylic acids is 1. The Hall–Kier alpha value is -4.64. The van der Waals surface area contributed by atoms with Crippen molar-refractivity contribution in [2.24, 2.45) is 4.99 Å². The summed E-state index contributed by atoms with van der Waals surface area (Å²) in [7, 11) is 0. The van der Waals surface area contributed by atoms with Crippen LogP contribution in [0.2, 0.25) is 0 Å². The Bertz CT molecular complexity index is 1830. The Morgan fingerprint density at radius 2 is 1.95 bits per heavy atom. The first-order valence-electron chi connectivity index (χ1n) is 12.0. The first-order valence-corrected chi connectivity index (χ1v) is 12.8. The van der Waals surface area contributed by atoms with E-state index in [9.17, 15) is 24.1 Å². The minimum atomic E-state index is -0.859. The molecule has 9 nitrogen and oxygen atoms in total. The van der Waals surface area contributed by atoms with Gasteiger partial charge in [0.05, 0.1) is 33.4 Å². The summed E-state index contributed by atoms with van der Waals surface area (Å²) in [5.41, 5.74) is 1.73. The van der Waals surface area contributed by atoms with E-state index in [1.807, 2.05) is 0 Å². The molecule has 0 radical (unpaired) electrons. The third kappa shape index (κ3) is 4.72. The molecule has 1 aliphatic rings. The minimum Gasteiger partial charge on any atom is -0.463 e. The number of allylic oxidation sites excluding steroid dienone is 1. The number of esters is 1. The summed E-state index contributed by atoms with van der Waals surface area (Å²) in [6.45, 7) is 5.14. The Balaban J connectivity index is 1.63. The first kappa shape index (κ1) is 26.0. The van der Waals surface area contributed by atoms with Crippen molar-refractivity contribution >= 4 is 29.1 Å². The maximum Gasteiger partial charge on any atom is 0.338 e. The molecule has 0 N–H and O–H groups in total. The van der Waals surface area contributed by atoms with Gasteiger partial charge in [-0.3, -0.25) is 19.5 Å². The number of nitro benzene ring substituents is 1. The van der Waals surface area contributed by atoms with Crippen molar-refractivity contribution in [1.82, 2.24) is 4.57 Å². The predicted molar refractivity (Wildman–Crippen MR) is 142 cm³/mol. The monoisotopic (exact) mass is 547 g/mol. The lowest BCUT2D eigenvalue weighted by Crippen LogP contribution is -2.39. The van der Waals surface area contributed by atoms with Crippen LogP contribution in [0.4, 0.5) is 10.1 Å². The van der Waals surface area contributed by atoms with Gasteiger partial charge in [0.25, 0.3) is 11.2 Å². The first-order chi connectivity index (χ1) is 18.7. The number of hydrogen-bond acceptors (Lipinski definition) is 8. The minimum absolute atomic E-state index is 0.0210. The molecule has 11 heteroatoms. The quantitative estimate of drug-likeness (QED) is 0.201. The van der Waals surface area contributed by atoms with Crippen LogP contribution < -0.4 is 14.9 Å². The maximum atomic E-state index is 13.7. The van der Waals surface area contributed by atoms with Crippen LogP contribution in [0.15, 0.2) is 80.1 Å². The van der Waals surface area contributed by atoms with Crippen molar-refractivity contribution in [2.75, 3.05) is 6.61 Å². The van der Waals surface area contributed by atoms with Gasteiger partial charge in [-0.25, -0.2) is 14.2 Å². The van der Waals surface area contributed by atoms with Crippen molar-refractivity contribution < 1.29 is 23.3 Å². The number of furan rings is 1. The molecule has 0 saturated carbocycles. The molecule has 2 aromatic carbocycles. The molecular formula is C28H22FN3O6S. The second-order valence-corrected chi connectivity index (χ2v) is 9.77. The zero-order valence-corrected chi connectivity index (χ0v) is 22.0. The van der Waals surface area contributed by atoms with E-state index in [0.717, 1.165) is 11.3 Å². The molecule has 1 aliphatic heterocycles. The third-order valence-corrected chi connectivity index (χ3v) is 7.35. The van der Waals surface area contributed by atoms with E-state index in [1.165, 1.54) is 34.9 Å². The molecule has 0 amide bonds. The maximum absolute atomic E-state index is 13.7. The Morgan fingerprint density at radius 3 is 2.64 bits per heavy atom. The van der Waals surface area contributed by atoms with E-state index in [4.69, 9.17) is 9.15 Å². The van der Waals surface area contributed by atoms with Gasteiger partial charge >= 0.3 is 5.97 Å². The highest BCUT2D eigenvalue weighted by Gasteiger charge is 2.33. The molecule has 4 aromatic rings. The lowest BCUT2D eigenvalue weighted by molar-refractivity contribution is -0.385. The topological polar surface area (TPSA) is 117 Å². The second kappa shape index (κ2) is 10.3. The summed E-state index contributed by atoms with van der Waals surface area (Å²) >= 11 is 1.12. The second-order valence-electron chi connectivity index (χ2n) is 8.76. The van der Waals surface area contributed by atoms with Crippen molar-refractivity contribution in [3.05, 3.63) is 118 Å². The Morgan fingerprint density at radius 1 is 1.21 bits per heavy atom. The Labute approximate surface area is 225 Å². The highest BCUT2D eigenvalue weighted by molar-refractivity contribution is 7.07. The van der Waals surface area contributed by atoms with Crippen molar-refractivity contribution in [1.29, 1.82) is 0 Å². The number of thiazole rings is 1. The molecule has 0 spiro atoms. The number of nitrogens with zero attached hydrogens (tertiary/aromatic N) is 3. The molecule has 0 bridgehead atoms. The zero-order chi connectivity index (χ0) is 27.8. The molecule has 3 heterocycles. The number of carbonyl (C=O) groups is 1. The third-order valence-electron chi connectivity index (χ3n) is 6.37. The van der Waals surface area contributed by atoms with Gasteiger partial charge < -0.3 is 9.15 Å². The SMILES string of the molecule is CCOC(=O)C1=C(C)N=c2s/c(=C\c3ccc(-c4cccc([N+](=O)[O-])c4C)o3)c(=O)n2[C@@H]1c1ccc(F)cc1. The number of benzene rings is 2. The van der Waals surface area contributed by atoms with E-state index in [0.29, 0.717) is 43.2 Å².